The second-order valence-electron chi connectivity index (χ2n) is 29.6. The van der Waals surface area contributed by atoms with Gasteiger partial charge in [-0.3, -0.25) is 49.6 Å². The van der Waals surface area contributed by atoms with Crippen molar-refractivity contribution in [2.75, 3.05) is 85.0 Å². The number of non-ortho nitro benzene ring substituents is 3. The number of aromatic nitrogens is 3. The number of nitrogens with one attached hydrogen (secondary N) is 3. The SMILES string of the molecule is C#CCCl.C#CCOc1cc([N+](=O)[O-])ccc1OC.CCN(CC)c1ccccc1.CCc1cc(-c2n[nH]c(=S)n2-c2ccc(OC)c3oc(C)cc23)c(O)cc1O.CCc1cc(C(=O)CNC(=S)Nc2ccc(OC)c3oc(C)cc23)c(O)cc1O.CCc1cc(C(C)=O)c(O)cc1O.COc1ccc(N=C=S)c2cc(C)oc12.COc1ccc([N+](=O)[O-])c2cc(C)oc12.COc1ccc([N+](=O)[O-])cc1O.N.[Cs+].[F-].[Na+].[OH-]. The van der Waals surface area contributed by atoms with Crippen LogP contribution in [0.4, 0.5) is 34.1 Å². The molecule has 0 saturated carbocycles. The number of nitro groups is 3. The number of aromatic hydroxyl groups is 7. The summed E-state index contributed by atoms with van der Waals surface area (Å²) in [6.45, 7) is 20.8. The average Bonchev–Trinajstić information content (AvgIpc) is 1.60. The molecule has 5 aromatic heterocycles. The van der Waals surface area contributed by atoms with E-state index in [1.54, 1.807) is 63.2 Å². The molecular weight excluding hydrogens is 2120 g/mol. The molecule has 0 atom stereocenters. The van der Waals surface area contributed by atoms with E-state index in [9.17, 15) is 70.6 Å². The second-order valence-corrected chi connectivity index (χ2v) is 30.9. The standard InChI is InChI=1S/C21H22N2O5S.C20H19N3O4S.C11H9NO2S.2C10H9NO4.C10H15N.C10H12O3.C7H7NO4.C3H3Cl.Cs.FH.H3N.Na.H2O/c1-4-12-8-14(17(25)9-16(12)24)18(26)10-22-21(29)23-15-5-6-19(27-3)20-13(15)7-11(2)28-20;1-4-11-8-13(16(25)9-15(11)24)19-21-22-20(28)23(19)14-5-6-17(26-3)18-12(14)7-10(2)27-18;1-7-5-8-9(12-6-15)3-4-10(13-2)11(8)14-7;1-6-5-7-8(11(12)13)3-4-9(14-2)10(7)15-6;1-3-6-15-10-7-8(11(12)13)4-5-9(10)14-2;1-3-11(4-2)10-8-6-5-7-9-10;1-3-7-4-8(6(2)11)10(13)5-9(7)12;1-12-7-3-2-5(8(10)11)4-6(7)9;1-2-3-4;;;;;/h5-9,24-25H,4,10H2,1-3H3,(H2,22,23,29);5-9,24-25H,4H2,1-3H3,(H,22,28);2*3-5H,1-2H3;1,4-5,7H,6H2,2H3;5-9H,3-4H2,1-2H3;4-5,12-13H,3H2,1-2H3;2-4,9H,1H3;1H,3H2;;1H;1H3;;1H2/q;;;;;;;;;+1;;;+1;/p-2. The molecule has 0 amide bonds. The number of phenolic OH excluding ortho intramolecular Hbond substituents is 7. The first-order chi connectivity index (χ1) is 67.8. The third-order valence-corrected chi connectivity index (χ3v) is 21.3. The van der Waals surface area contributed by atoms with Gasteiger partial charge in [-0.1, -0.05) is 50.8 Å². The number of furan rings is 4. The average molecular weight is 2230 g/mol. The third-order valence-electron chi connectivity index (χ3n) is 20.5. The van der Waals surface area contributed by atoms with Crippen molar-refractivity contribution < 1.29 is 220 Å². The number of hydrogen-bond acceptors (Lipinski definition) is 34. The summed E-state index contributed by atoms with van der Waals surface area (Å²) in [5.74, 6) is 10.2. The number of hydrogen-bond donors (Lipinski definition) is 11. The molecule has 0 fully saturated rings. The summed E-state index contributed by atoms with van der Waals surface area (Å²) in [4.78, 5) is 59.7. The number of Topliss-reactive ketones (excluding diaryl/α,β-unsaturated/α-hetero) is 2. The summed E-state index contributed by atoms with van der Waals surface area (Å²) in [7, 11) is 9.08. The van der Waals surface area contributed by atoms with Gasteiger partial charge in [-0.25, -0.2) is 0 Å². The maximum absolute atomic E-state index is 12.5. The number of halogens is 2. The molecule has 147 heavy (non-hydrogen) atoms. The number of methoxy groups -OCH3 is 6. The number of terminal acetylenes is 2. The number of alkyl halides is 1. The van der Waals surface area contributed by atoms with Crippen LogP contribution in [0.25, 0.3) is 61.0 Å². The quantitative estimate of drug-likeness (QED) is 0.00370. The van der Waals surface area contributed by atoms with Crippen molar-refractivity contribution in [1.82, 2.24) is 26.2 Å². The van der Waals surface area contributed by atoms with Crippen molar-refractivity contribution in [3.05, 3.63) is 262 Å². The van der Waals surface area contributed by atoms with Crippen LogP contribution in [0.1, 0.15) is 102 Å². The Labute approximate surface area is 946 Å². The molecule has 768 valence electrons. The zero-order valence-corrected chi connectivity index (χ0v) is 95.2. The molecule has 5 heterocycles. The number of fused-ring (bicyclic) bond motifs is 4. The van der Waals surface area contributed by atoms with Gasteiger partial charge >= 0.3 is 98.5 Å². The molecule has 15 aromatic rings. The number of anilines is 2. The van der Waals surface area contributed by atoms with Crippen molar-refractivity contribution >= 4 is 148 Å². The summed E-state index contributed by atoms with van der Waals surface area (Å²) in [6.07, 6.45) is 11.4. The molecule has 0 saturated heterocycles. The number of carbonyl (C=O) groups is 2. The van der Waals surface area contributed by atoms with Crippen molar-refractivity contribution in [2.24, 2.45) is 4.99 Å². The number of thiocarbonyl (C=S) groups is 2. The van der Waals surface area contributed by atoms with Crippen LogP contribution in [0.2, 0.25) is 0 Å². The van der Waals surface area contributed by atoms with Gasteiger partial charge in [0, 0.05) is 65.9 Å². The largest absolute Gasteiger partial charge is 1.00 e. The molecule has 15 rings (SSSR count). The van der Waals surface area contributed by atoms with Gasteiger partial charge < -0.3 is 118 Å². The Morgan fingerprint density at radius 3 is 1.44 bits per heavy atom. The Morgan fingerprint density at radius 2 is 0.966 bits per heavy atom. The van der Waals surface area contributed by atoms with Crippen LogP contribution in [0.3, 0.4) is 0 Å². The normalized spacial score (nSPS) is 9.79. The molecular formula is C102H109ClCsFN11NaO27S3. The maximum atomic E-state index is 12.5. The topological polar surface area (TPSA) is 561 Å². The monoisotopic (exact) mass is 2230 g/mol. The Bertz CT molecular complexity index is 7130. The number of isothiocyanates is 1. The van der Waals surface area contributed by atoms with Crippen LogP contribution in [0.5, 0.6) is 80.5 Å². The predicted molar refractivity (Wildman–Crippen MR) is 560 cm³/mol. The molecule has 0 spiro atoms. The van der Waals surface area contributed by atoms with Crippen molar-refractivity contribution in [2.45, 2.75) is 88.5 Å². The van der Waals surface area contributed by atoms with Gasteiger partial charge in [0.25, 0.3) is 17.1 Å². The smallest absolute Gasteiger partial charge is 1.00 e. The van der Waals surface area contributed by atoms with E-state index in [-0.39, 0.29) is 225 Å². The molecule has 0 aliphatic rings. The number of aryl methyl sites for hydroxylation is 7. The Morgan fingerprint density at radius 1 is 0.537 bits per heavy atom. The number of rotatable bonds is 25. The Balaban J connectivity index is 0.000000576. The molecule has 0 unspecified atom stereocenters. The number of ether oxygens (including phenoxy) is 7. The van der Waals surface area contributed by atoms with Gasteiger partial charge in [0.15, 0.2) is 95.6 Å². The van der Waals surface area contributed by atoms with E-state index in [0.29, 0.717) is 126 Å². The molecule has 38 nitrogen and oxygen atoms in total. The first-order valence-electron chi connectivity index (χ1n) is 43.0. The van der Waals surface area contributed by atoms with Crippen LogP contribution in [0.15, 0.2) is 199 Å². The number of para-hydroxylation sites is 1. The minimum atomic E-state index is -0.584. The number of ketones is 2. The number of carbonyl (C=O) groups excluding carboxylic acids is 2. The first kappa shape index (κ1) is 129. The number of aliphatic imine (C=N–C) groups is 1. The van der Waals surface area contributed by atoms with Crippen molar-refractivity contribution in [3.63, 3.8) is 0 Å². The van der Waals surface area contributed by atoms with Crippen molar-refractivity contribution in [1.29, 1.82) is 0 Å². The fraction of sp³-hybridized carbons (Fsp3) is 0.235. The number of phenols is 7. The summed E-state index contributed by atoms with van der Waals surface area (Å²) in [6, 6.07) is 47.8. The van der Waals surface area contributed by atoms with Crippen LogP contribution < -0.4 is 158 Å². The molecule has 45 heteroatoms. The number of nitrogens with zero attached hydrogens (tertiary/aromatic N) is 7. The second kappa shape index (κ2) is 63.5. The van der Waals surface area contributed by atoms with Gasteiger partial charge in [0.1, 0.15) is 69.5 Å². The first-order valence-corrected chi connectivity index (χ1v) is 44.7. The minimum absolute atomic E-state index is 0. The Kier molecular flexibility index (Phi) is 55.7. The van der Waals surface area contributed by atoms with Gasteiger partial charge in [-0.2, -0.15) is 10.1 Å². The number of nitro benzene ring substituents is 3. The number of aromatic amines is 1. The molecule has 0 bridgehead atoms. The van der Waals surface area contributed by atoms with E-state index in [4.69, 9.17) is 98.4 Å². The third kappa shape index (κ3) is 35.2. The van der Waals surface area contributed by atoms with E-state index in [2.05, 4.69) is 104 Å². The van der Waals surface area contributed by atoms with Crippen LogP contribution in [0, 0.1) is 87.5 Å². The van der Waals surface area contributed by atoms with Gasteiger partial charge in [0.05, 0.1) is 126 Å². The molecule has 0 radical (unpaired) electrons. The van der Waals surface area contributed by atoms with E-state index >= 15 is 0 Å². The van der Waals surface area contributed by atoms with Crippen LogP contribution in [-0.2, 0) is 19.3 Å². The predicted octanol–water partition coefficient (Wildman–Crippen LogP) is 13.8. The fourth-order valence-electron chi connectivity index (χ4n) is 13.7. The maximum Gasteiger partial charge on any atom is 1.00 e. The minimum Gasteiger partial charge on any atom is -1.00 e. The van der Waals surface area contributed by atoms with Crippen molar-refractivity contribution in [3.8, 4) is 122 Å². The summed E-state index contributed by atoms with van der Waals surface area (Å²) in [5.41, 5.74) is 8.46. The fourth-order valence-corrected chi connectivity index (χ4v) is 14.2. The van der Waals surface area contributed by atoms with E-state index in [1.165, 1.54) is 107 Å². The van der Waals surface area contributed by atoms with E-state index in [0.717, 1.165) is 64.0 Å². The number of benzene rings is 10. The Hall–Kier alpha value is -13.9. The summed E-state index contributed by atoms with van der Waals surface area (Å²) in [5, 5.41) is 118. The molecule has 14 N–H and O–H groups in total. The van der Waals surface area contributed by atoms with Gasteiger partial charge in [-0.15, -0.1) is 24.4 Å². The van der Waals surface area contributed by atoms with Crippen LogP contribution >= 0.6 is 48.3 Å². The van der Waals surface area contributed by atoms with Gasteiger partial charge in [-0.05, 0) is 230 Å². The summed E-state index contributed by atoms with van der Waals surface area (Å²) >= 11 is 20.3. The summed E-state index contributed by atoms with van der Waals surface area (Å²) < 4.78 is 60.2. The van der Waals surface area contributed by atoms with E-state index in [1.807, 2.05) is 84.0 Å². The van der Waals surface area contributed by atoms with E-state index < -0.39 is 14.8 Å². The molecule has 0 aliphatic heterocycles. The van der Waals surface area contributed by atoms with Gasteiger partial charge in [0.2, 0.25) is 0 Å². The number of H-pyrrole nitrogens is 1. The van der Waals surface area contributed by atoms with Crippen LogP contribution in [-0.4, -0.2) is 167 Å². The molecule has 0 aliphatic carbocycles. The zero-order valence-electron chi connectivity index (χ0n) is 83.7. The zero-order chi connectivity index (χ0) is 105. The molecule has 10 aromatic carbocycles.